The number of piperazine rings is 1. The van der Waals surface area contributed by atoms with Gasteiger partial charge in [-0.3, -0.25) is 14.6 Å². The van der Waals surface area contributed by atoms with Gasteiger partial charge in [0.1, 0.15) is 11.9 Å². The lowest BCUT2D eigenvalue weighted by atomic mass is 9.84. The normalized spacial score (nSPS) is 25.8. The molecule has 138 valence electrons. The lowest BCUT2D eigenvalue weighted by Gasteiger charge is -2.58. The molecule has 1 aromatic carbocycles. The summed E-state index contributed by atoms with van der Waals surface area (Å²) in [5, 5.41) is 0. The molecule has 2 bridgehead atoms. The van der Waals surface area contributed by atoms with Gasteiger partial charge < -0.3 is 4.90 Å². The molecular weight excluding hydrogens is 317 g/mol. The first-order valence-electron chi connectivity index (χ1n) is 9.27. The highest BCUT2D eigenvalue weighted by molar-refractivity contribution is 5.85. The van der Waals surface area contributed by atoms with E-state index in [-0.39, 0.29) is 17.8 Å². The van der Waals surface area contributed by atoms with Gasteiger partial charge in [0.05, 0.1) is 0 Å². The molecule has 25 heavy (non-hydrogen) atoms. The summed E-state index contributed by atoms with van der Waals surface area (Å²) in [6.07, 6.45) is 1.11. The number of carbonyl (C=O) groups is 1. The first-order valence-corrected chi connectivity index (χ1v) is 9.27. The minimum atomic E-state index is -0.347. The van der Waals surface area contributed by atoms with Crippen LogP contribution in [0, 0.1) is 11.7 Å². The van der Waals surface area contributed by atoms with Gasteiger partial charge in [0, 0.05) is 31.2 Å². The number of rotatable bonds is 5. The molecule has 1 aromatic rings. The van der Waals surface area contributed by atoms with Gasteiger partial charge in [-0.2, -0.15) is 0 Å². The van der Waals surface area contributed by atoms with Crippen LogP contribution in [0.15, 0.2) is 24.3 Å². The minimum Gasteiger partial charge on any atom is -0.332 e. The van der Waals surface area contributed by atoms with Crippen LogP contribution in [0.5, 0.6) is 0 Å². The van der Waals surface area contributed by atoms with Crippen molar-refractivity contribution in [1.82, 2.24) is 14.7 Å². The van der Waals surface area contributed by atoms with Crippen LogP contribution in [0.4, 0.5) is 4.39 Å². The fourth-order valence-corrected chi connectivity index (χ4v) is 4.20. The summed E-state index contributed by atoms with van der Waals surface area (Å²) in [6, 6.07) is 7.14. The lowest BCUT2D eigenvalue weighted by Crippen LogP contribution is -2.72. The van der Waals surface area contributed by atoms with E-state index >= 15 is 0 Å². The monoisotopic (exact) mass is 347 g/mol. The van der Waals surface area contributed by atoms with E-state index in [4.69, 9.17) is 0 Å². The van der Waals surface area contributed by atoms with Gasteiger partial charge in [-0.05, 0) is 51.1 Å². The molecule has 3 aliphatic heterocycles. The Bertz CT molecular complexity index is 604. The van der Waals surface area contributed by atoms with E-state index in [1.807, 2.05) is 19.0 Å². The van der Waals surface area contributed by atoms with Crippen molar-refractivity contribution in [1.29, 1.82) is 0 Å². The fourth-order valence-electron chi connectivity index (χ4n) is 4.20. The van der Waals surface area contributed by atoms with Crippen LogP contribution >= 0.6 is 0 Å². The second-order valence-electron chi connectivity index (χ2n) is 8.15. The number of hydrogen-bond donors (Lipinski definition) is 0. The summed E-state index contributed by atoms with van der Waals surface area (Å²) in [5.41, 5.74) is 0.855. The van der Waals surface area contributed by atoms with Crippen LogP contribution < -0.4 is 0 Å². The van der Waals surface area contributed by atoms with Crippen LogP contribution in [0.1, 0.15) is 38.8 Å². The van der Waals surface area contributed by atoms with Crippen molar-refractivity contribution in [3.05, 3.63) is 35.6 Å². The van der Waals surface area contributed by atoms with E-state index < -0.39 is 0 Å². The highest BCUT2D eigenvalue weighted by Crippen LogP contribution is 2.37. The maximum atomic E-state index is 13.2. The number of halogens is 1. The summed E-state index contributed by atoms with van der Waals surface area (Å²) in [7, 11) is 3.82. The molecule has 4 atom stereocenters. The molecule has 0 saturated carbocycles. The number of likely N-dealkylation sites (N-methyl/N-ethyl adjacent to an activating group) is 1. The number of hydrogen-bond acceptors (Lipinski definition) is 3. The topological polar surface area (TPSA) is 26.8 Å². The number of carbonyl (C=O) groups excluding carboxylic acids is 1. The van der Waals surface area contributed by atoms with Crippen molar-refractivity contribution < 1.29 is 9.18 Å². The highest BCUT2D eigenvalue weighted by Gasteiger charge is 2.49. The Morgan fingerprint density at radius 2 is 1.68 bits per heavy atom. The Kier molecular flexibility index (Phi) is 5.16. The molecule has 4 unspecified atom stereocenters. The number of piperidine rings is 1. The average molecular weight is 347 g/mol. The van der Waals surface area contributed by atoms with Crippen LogP contribution in [0.25, 0.3) is 0 Å². The van der Waals surface area contributed by atoms with E-state index in [1.165, 1.54) is 12.1 Å². The molecular formula is C20H30FN3O. The second-order valence-corrected chi connectivity index (χ2v) is 8.15. The molecule has 3 saturated heterocycles. The molecule has 3 heterocycles. The number of amides is 1. The van der Waals surface area contributed by atoms with Gasteiger partial charge in [-0.25, -0.2) is 4.39 Å². The van der Waals surface area contributed by atoms with E-state index in [2.05, 4.69) is 30.6 Å². The molecule has 0 spiro atoms. The highest BCUT2D eigenvalue weighted by atomic mass is 19.1. The van der Waals surface area contributed by atoms with Crippen molar-refractivity contribution >= 4 is 5.91 Å². The zero-order valence-corrected chi connectivity index (χ0v) is 15.9. The minimum absolute atomic E-state index is 0.148. The zero-order valence-electron chi connectivity index (χ0n) is 15.9. The average Bonchev–Trinajstić information content (AvgIpc) is 2.55. The van der Waals surface area contributed by atoms with Crippen LogP contribution in [0.2, 0.25) is 0 Å². The summed E-state index contributed by atoms with van der Waals surface area (Å²) in [6.45, 7) is 8.72. The van der Waals surface area contributed by atoms with Crippen LogP contribution in [-0.4, -0.2) is 65.9 Å². The first kappa shape index (κ1) is 18.3. The van der Waals surface area contributed by atoms with Gasteiger partial charge in [-0.15, -0.1) is 0 Å². The van der Waals surface area contributed by atoms with Crippen LogP contribution in [0.3, 0.4) is 0 Å². The maximum absolute atomic E-state index is 13.2. The third kappa shape index (κ3) is 3.44. The summed E-state index contributed by atoms with van der Waals surface area (Å²) < 4.78 is 13.2. The van der Waals surface area contributed by atoms with Crippen molar-refractivity contribution in [2.45, 2.75) is 51.4 Å². The molecule has 4 rings (SSSR count). The van der Waals surface area contributed by atoms with E-state index in [1.54, 1.807) is 12.1 Å². The molecule has 5 heteroatoms. The van der Waals surface area contributed by atoms with Gasteiger partial charge >= 0.3 is 0 Å². The standard InChI is InChI=1S/C20H30FN3O/c1-13(2)14(3)23-11-17-10-18(12-23)24(17)20(25)19(22(4)5)15-6-8-16(21)9-7-15/h6-9,13-14,17-19H,10-12H2,1-5H3. The van der Waals surface area contributed by atoms with Crippen molar-refractivity contribution in [3.63, 3.8) is 0 Å². The van der Waals surface area contributed by atoms with Gasteiger partial charge in [-0.1, -0.05) is 26.0 Å². The molecule has 3 aliphatic rings. The fraction of sp³-hybridized carbons (Fsp3) is 0.650. The third-order valence-electron chi connectivity index (χ3n) is 5.95. The molecule has 0 aromatic heterocycles. The Labute approximate surface area is 150 Å². The number of fused-ring (bicyclic) bond motifs is 2. The predicted octanol–water partition coefficient (Wildman–Crippen LogP) is 2.76. The summed E-state index contributed by atoms with van der Waals surface area (Å²) in [4.78, 5) is 19.8. The van der Waals surface area contributed by atoms with Crippen molar-refractivity contribution in [2.75, 3.05) is 27.2 Å². The number of benzene rings is 1. The molecule has 3 fully saturated rings. The van der Waals surface area contributed by atoms with Gasteiger partial charge in [0.25, 0.3) is 0 Å². The van der Waals surface area contributed by atoms with Crippen molar-refractivity contribution in [2.24, 2.45) is 5.92 Å². The molecule has 0 N–H and O–H groups in total. The molecule has 0 aliphatic carbocycles. The molecule has 4 nitrogen and oxygen atoms in total. The van der Waals surface area contributed by atoms with Gasteiger partial charge in [0.15, 0.2) is 0 Å². The first-order chi connectivity index (χ1) is 11.8. The predicted molar refractivity (Wildman–Crippen MR) is 97.7 cm³/mol. The largest absolute Gasteiger partial charge is 0.332 e. The van der Waals surface area contributed by atoms with E-state index in [9.17, 15) is 9.18 Å². The smallest absolute Gasteiger partial charge is 0.245 e. The van der Waals surface area contributed by atoms with E-state index in [0.29, 0.717) is 24.0 Å². The summed E-state index contributed by atoms with van der Waals surface area (Å²) in [5.74, 6) is 0.498. The maximum Gasteiger partial charge on any atom is 0.245 e. The Balaban J connectivity index is 1.74. The lowest BCUT2D eigenvalue weighted by molar-refractivity contribution is -0.161. The van der Waals surface area contributed by atoms with Gasteiger partial charge in [0.2, 0.25) is 5.91 Å². The second kappa shape index (κ2) is 7.04. The Morgan fingerprint density at radius 1 is 1.12 bits per heavy atom. The SMILES string of the molecule is CC(C)C(C)N1CC2CC(C1)N2C(=O)C(c1ccc(F)cc1)N(C)C. The Morgan fingerprint density at radius 3 is 2.16 bits per heavy atom. The Hall–Kier alpha value is -1.46. The summed E-state index contributed by atoms with van der Waals surface area (Å²) >= 11 is 0. The molecule has 0 radical (unpaired) electrons. The van der Waals surface area contributed by atoms with Crippen LogP contribution in [-0.2, 0) is 4.79 Å². The zero-order chi connectivity index (χ0) is 18.3. The van der Waals surface area contributed by atoms with Crippen molar-refractivity contribution in [3.8, 4) is 0 Å². The molecule has 1 amide bonds. The third-order valence-corrected chi connectivity index (χ3v) is 5.95. The number of nitrogens with zero attached hydrogens (tertiary/aromatic N) is 3. The van der Waals surface area contributed by atoms with E-state index in [0.717, 1.165) is 25.1 Å². The quantitative estimate of drug-likeness (QED) is 0.819.